The molecule has 7 heteroatoms. The third-order valence-corrected chi connectivity index (χ3v) is 5.37. The maximum Gasteiger partial charge on any atom is 0.296 e. The lowest BCUT2D eigenvalue weighted by Crippen LogP contribution is -2.29. The molecular weight excluding hydrogens is 406 g/mol. The lowest BCUT2D eigenvalue weighted by atomic mass is 9.95. The summed E-state index contributed by atoms with van der Waals surface area (Å²) in [5, 5.41) is 11.2. The van der Waals surface area contributed by atoms with Crippen molar-refractivity contribution in [2.45, 2.75) is 26.4 Å². The van der Waals surface area contributed by atoms with Crippen LogP contribution in [-0.4, -0.2) is 38.3 Å². The summed E-state index contributed by atoms with van der Waals surface area (Å²) < 4.78 is 5.57. The smallest absolute Gasteiger partial charge is 0.296 e. The fourth-order valence-corrected chi connectivity index (χ4v) is 3.87. The van der Waals surface area contributed by atoms with Gasteiger partial charge in [-0.2, -0.15) is 0 Å². The number of likely N-dealkylation sites (tertiary alicyclic amines) is 1. The summed E-state index contributed by atoms with van der Waals surface area (Å²) in [5.74, 6) is -0.932. The topological polar surface area (TPSA) is 92.6 Å². The number of rotatable bonds is 6. The molecule has 0 aliphatic carbocycles. The molecule has 1 N–H and O–H groups in total. The van der Waals surface area contributed by atoms with E-state index < -0.39 is 17.7 Å². The summed E-state index contributed by atoms with van der Waals surface area (Å²) >= 11 is 0. The number of ether oxygens (including phenoxy) is 1. The molecule has 1 aromatic carbocycles. The maximum atomic E-state index is 13.1. The predicted octanol–water partition coefficient (Wildman–Crippen LogP) is 3.81. The molecule has 1 aliphatic rings. The van der Waals surface area contributed by atoms with Gasteiger partial charge in [0.25, 0.3) is 11.7 Å². The van der Waals surface area contributed by atoms with Crippen molar-refractivity contribution >= 4 is 17.4 Å². The second-order valence-corrected chi connectivity index (χ2v) is 7.44. The van der Waals surface area contributed by atoms with Gasteiger partial charge in [0, 0.05) is 24.2 Å². The molecule has 4 rings (SSSR count). The van der Waals surface area contributed by atoms with E-state index in [4.69, 9.17) is 4.74 Å². The van der Waals surface area contributed by atoms with Gasteiger partial charge in [-0.15, -0.1) is 0 Å². The van der Waals surface area contributed by atoms with E-state index in [2.05, 4.69) is 9.97 Å². The van der Waals surface area contributed by atoms with Gasteiger partial charge in [-0.25, -0.2) is 0 Å². The predicted molar refractivity (Wildman–Crippen MR) is 119 cm³/mol. The zero-order valence-corrected chi connectivity index (χ0v) is 17.9. The van der Waals surface area contributed by atoms with E-state index in [-0.39, 0.29) is 17.9 Å². The van der Waals surface area contributed by atoms with Crippen molar-refractivity contribution < 1.29 is 19.4 Å². The van der Waals surface area contributed by atoms with Crippen LogP contribution in [0.3, 0.4) is 0 Å². The summed E-state index contributed by atoms with van der Waals surface area (Å²) in [6.45, 7) is 4.41. The van der Waals surface area contributed by atoms with Crippen molar-refractivity contribution in [3.63, 3.8) is 0 Å². The number of nitrogens with zero attached hydrogens (tertiary/aromatic N) is 3. The Balaban J connectivity index is 1.83. The molecule has 1 atom stereocenters. The minimum atomic E-state index is -0.758. The highest BCUT2D eigenvalue weighted by molar-refractivity contribution is 6.46. The Labute approximate surface area is 186 Å². The molecule has 0 bridgehead atoms. The first-order chi connectivity index (χ1) is 15.5. The summed E-state index contributed by atoms with van der Waals surface area (Å²) in [6, 6.07) is 13.3. The number of aliphatic hydroxyl groups excluding tert-OH is 1. The van der Waals surface area contributed by atoms with E-state index in [0.29, 0.717) is 29.2 Å². The maximum absolute atomic E-state index is 13.1. The summed E-state index contributed by atoms with van der Waals surface area (Å²) in [6.07, 6.45) is 4.82. The molecule has 1 amide bonds. The number of benzene rings is 1. The zero-order valence-electron chi connectivity index (χ0n) is 17.9. The van der Waals surface area contributed by atoms with Gasteiger partial charge in [-0.3, -0.25) is 19.6 Å². The Hall–Kier alpha value is -4.00. The molecule has 3 heterocycles. The Bertz CT molecular complexity index is 1180. The molecule has 3 aromatic rings. The quantitative estimate of drug-likeness (QED) is 0.364. The van der Waals surface area contributed by atoms with Gasteiger partial charge in [0.1, 0.15) is 11.5 Å². The molecule has 162 valence electrons. The number of aromatic nitrogens is 2. The molecule has 2 aromatic heterocycles. The Morgan fingerprint density at radius 2 is 1.88 bits per heavy atom. The van der Waals surface area contributed by atoms with E-state index in [1.807, 2.05) is 19.9 Å². The molecule has 1 saturated heterocycles. The van der Waals surface area contributed by atoms with Gasteiger partial charge < -0.3 is 14.7 Å². The first-order valence-corrected chi connectivity index (χ1v) is 10.3. The normalized spacial score (nSPS) is 17.6. The van der Waals surface area contributed by atoms with Crippen LogP contribution >= 0.6 is 0 Å². The van der Waals surface area contributed by atoms with E-state index in [0.717, 1.165) is 5.56 Å². The third-order valence-electron chi connectivity index (χ3n) is 5.37. The minimum absolute atomic E-state index is 0.0423. The Kier molecular flexibility index (Phi) is 5.98. The van der Waals surface area contributed by atoms with E-state index in [9.17, 15) is 14.7 Å². The molecule has 1 fully saturated rings. The average Bonchev–Trinajstić information content (AvgIpc) is 3.06. The Morgan fingerprint density at radius 3 is 2.53 bits per heavy atom. The number of carbonyl (C=O) groups is 2. The average molecular weight is 429 g/mol. The number of ketones is 1. The number of hydrogen-bond donors (Lipinski definition) is 1. The first kappa shape index (κ1) is 21.2. The van der Waals surface area contributed by atoms with Crippen LogP contribution in [0.2, 0.25) is 0 Å². The van der Waals surface area contributed by atoms with Gasteiger partial charge in [0.05, 0.1) is 30.5 Å². The molecule has 1 aliphatic heterocycles. The van der Waals surface area contributed by atoms with E-state index in [1.54, 1.807) is 61.1 Å². The van der Waals surface area contributed by atoms with E-state index in [1.165, 1.54) is 4.90 Å². The van der Waals surface area contributed by atoms with E-state index >= 15 is 0 Å². The van der Waals surface area contributed by atoms with Gasteiger partial charge in [0.15, 0.2) is 0 Å². The number of hydrogen-bond acceptors (Lipinski definition) is 6. The molecule has 0 radical (unpaired) electrons. The lowest BCUT2D eigenvalue weighted by Gasteiger charge is -2.25. The number of pyridine rings is 2. The van der Waals surface area contributed by atoms with Crippen LogP contribution in [0.15, 0.2) is 72.7 Å². The molecule has 0 spiro atoms. The fourth-order valence-electron chi connectivity index (χ4n) is 3.87. The summed E-state index contributed by atoms with van der Waals surface area (Å²) in [7, 11) is 0. The second kappa shape index (κ2) is 9.01. The van der Waals surface area contributed by atoms with Crippen molar-refractivity contribution in [3.05, 3.63) is 95.1 Å². The highest BCUT2D eigenvalue weighted by atomic mass is 16.5. The zero-order chi connectivity index (χ0) is 22.7. The minimum Gasteiger partial charge on any atom is -0.507 e. The second-order valence-electron chi connectivity index (χ2n) is 7.44. The molecule has 32 heavy (non-hydrogen) atoms. The highest BCUT2D eigenvalue weighted by Crippen LogP contribution is 2.40. The van der Waals surface area contributed by atoms with Crippen LogP contribution in [-0.2, 0) is 16.1 Å². The largest absolute Gasteiger partial charge is 0.507 e. The van der Waals surface area contributed by atoms with Gasteiger partial charge in [0.2, 0.25) is 0 Å². The van der Waals surface area contributed by atoms with Crippen LogP contribution in [0.5, 0.6) is 5.75 Å². The number of aliphatic hydroxyl groups is 1. The summed E-state index contributed by atoms with van der Waals surface area (Å²) in [4.78, 5) is 35.9. The monoisotopic (exact) mass is 429 g/mol. The number of amides is 1. The highest BCUT2D eigenvalue weighted by Gasteiger charge is 2.46. The van der Waals surface area contributed by atoms with Gasteiger partial charge >= 0.3 is 0 Å². The third kappa shape index (κ3) is 3.97. The molecule has 1 unspecified atom stereocenters. The fraction of sp³-hybridized carbons (Fsp3) is 0.200. The lowest BCUT2D eigenvalue weighted by molar-refractivity contribution is -0.140. The van der Waals surface area contributed by atoms with Crippen LogP contribution in [0.1, 0.15) is 35.3 Å². The van der Waals surface area contributed by atoms with Gasteiger partial charge in [-0.1, -0.05) is 6.07 Å². The van der Waals surface area contributed by atoms with Crippen molar-refractivity contribution in [2.75, 3.05) is 6.61 Å². The van der Waals surface area contributed by atoms with Crippen LogP contribution in [0.25, 0.3) is 5.76 Å². The molecule has 7 nitrogen and oxygen atoms in total. The molecular formula is C25H23N3O4. The first-order valence-electron chi connectivity index (χ1n) is 10.3. The number of carbonyl (C=O) groups excluding carboxylic acids is 2. The molecule has 0 saturated carbocycles. The van der Waals surface area contributed by atoms with Crippen molar-refractivity contribution in [1.82, 2.24) is 14.9 Å². The van der Waals surface area contributed by atoms with Crippen molar-refractivity contribution in [1.29, 1.82) is 0 Å². The van der Waals surface area contributed by atoms with Crippen LogP contribution < -0.4 is 4.74 Å². The van der Waals surface area contributed by atoms with Crippen molar-refractivity contribution in [2.24, 2.45) is 0 Å². The standard InChI is InChI=1S/C25H23N3O4/c1-3-32-20-8-7-18(14-16(20)2)23(29)21-22(17-9-12-26-13-10-17)28(25(31)24(21)30)15-19-6-4-5-11-27-19/h4-14,22,29H,3,15H2,1-2H3/b23-21-. The van der Waals surface area contributed by atoms with Crippen LogP contribution in [0.4, 0.5) is 0 Å². The Morgan fingerprint density at radius 1 is 1.09 bits per heavy atom. The SMILES string of the molecule is CCOc1ccc(/C(O)=C2/C(=O)C(=O)N(Cc3ccccn3)C2c2ccncc2)cc1C. The van der Waals surface area contributed by atoms with Gasteiger partial charge in [-0.05, 0) is 67.4 Å². The number of aryl methyl sites for hydroxylation is 1. The number of Topliss-reactive ketones (excluding diaryl/α,β-unsaturated/α-hetero) is 1. The van der Waals surface area contributed by atoms with Crippen LogP contribution in [0, 0.1) is 6.92 Å². The summed E-state index contributed by atoms with van der Waals surface area (Å²) in [5.41, 5.74) is 2.63. The van der Waals surface area contributed by atoms with Crippen molar-refractivity contribution in [3.8, 4) is 5.75 Å².